The van der Waals surface area contributed by atoms with Gasteiger partial charge in [0.1, 0.15) is 11.9 Å². The monoisotopic (exact) mass is 297 g/mol. The zero-order valence-electron chi connectivity index (χ0n) is 11.4. The standard InChI is InChI=1S/C13H16FN3O4/c1-7-6-8(14)2-3-9(7)16-13(21)17-10(12(19)20)4-5-11(15)18/h2-3,6,10H,4-5H2,1H3,(H2,15,18)(H,19,20)(H2,16,17,21)/t10-/m1/s1. The molecule has 5 N–H and O–H groups in total. The van der Waals surface area contributed by atoms with Crippen LogP contribution < -0.4 is 16.4 Å². The highest BCUT2D eigenvalue weighted by atomic mass is 19.1. The van der Waals surface area contributed by atoms with Crippen LogP contribution in [0, 0.1) is 12.7 Å². The maximum atomic E-state index is 12.9. The Balaban J connectivity index is 2.65. The van der Waals surface area contributed by atoms with E-state index in [1.54, 1.807) is 6.92 Å². The molecule has 0 aliphatic heterocycles. The molecule has 1 aromatic carbocycles. The Hall–Kier alpha value is -2.64. The summed E-state index contributed by atoms with van der Waals surface area (Å²) in [5.41, 5.74) is 5.78. The van der Waals surface area contributed by atoms with Crippen LogP contribution in [0.5, 0.6) is 0 Å². The van der Waals surface area contributed by atoms with Gasteiger partial charge in [-0.3, -0.25) is 4.79 Å². The summed E-state index contributed by atoms with van der Waals surface area (Å²) in [4.78, 5) is 33.3. The average Bonchev–Trinajstić information content (AvgIpc) is 2.37. The number of carboxylic acid groups (broad SMARTS) is 1. The van der Waals surface area contributed by atoms with Crippen molar-refractivity contribution in [3.8, 4) is 0 Å². The third kappa shape index (κ3) is 5.47. The molecule has 8 heteroatoms. The lowest BCUT2D eigenvalue weighted by molar-refractivity contribution is -0.139. The number of nitrogens with one attached hydrogen (secondary N) is 2. The molecule has 0 saturated heterocycles. The second kappa shape index (κ2) is 7.22. The topological polar surface area (TPSA) is 122 Å². The Morgan fingerprint density at radius 2 is 2.05 bits per heavy atom. The Morgan fingerprint density at radius 1 is 1.38 bits per heavy atom. The number of urea groups is 1. The number of carbonyl (C=O) groups is 3. The lowest BCUT2D eigenvalue weighted by Gasteiger charge is -2.15. The lowest BCUT2D eigenvalue weighted by atomic mass is 10.1. The van der Waals surface area contributed by atoms with E-state index in [1.165, 1.54) is 18.2 Å². The predicted molar refractivity (Wildman–Crippen MR) is 73.1 cm³/mol. The number of benzene rings is 1. The molecular formula is C13H16FN3O4. The molecule has 1 aromatic rings. The van der Waals surface area contributed by atoms with Gasteiger partial charge in [-0.2, -0.15) is 0 Å². The van der Waals surface area contributed by atoms with E-state index in [0.29, 0.717) is 11.3 Å². The number of primary amides is 1. The SMILES string of the molecule is Cc1cc(F)ccc1NC(=O)N[C@H](CCC(N)=O)C(=O)O. The third-order valence-electron chi connectivity index (χ3n) is 2.72. The van der Waals surface area contributed by atoms with Gasteiger partial charge >= 0.3 is 12.0 Å². The van der Waals surface area contributed by atoms with Crippen molar-refractivity contribution in [3.63, 3.8) is 0 Å². The van der Waals surface area contributed by atoms with Crippen molar-refractivity contribution in [2.24, 2.45) is 5.73 Å². The summed E-state index contributed by atoms with van der Waals surface area (Å²) >= 11 is 0. The number of hydrogen-bond acceptors (Lipinski definition) is 3. The van der Waals surface area contributed by atoms with Crippen molar-refractivity contribution in [2.75, 3.05) is 5.32 Å². The van der Waals surface area contributed by atoms with E-state index in [-0.39, 0.29) is 12.8 Å². The second-order valence-electron chi connectivity index (χ2n) is 4.45. The van der Waals surface area contributed by atoms with Crippen molar-refractivity contribution >= 4 is 23.6 Å². The number of aliphatic carboxylic acids is 1. The van der Waals surface area contributed by atoms with Gasteiger partial charge < -0.3 is 21.5 Å². The van der Waals surface area contributed by atoms with Gasteiger partial charge in [0.25, 0.3) is 0 Å². The molecule has 0 unspecified atom stereocenters. The van der Waals surface area contributed by atoms with Crippen LogP contribution in [0.3, 0.4) is 0 Å². The number of aryl methyl sites for hydroxylation is 1. The van der Waals surface area contributed by atoms with E-state index in [9.17, 15) is 18.8 Å². The number of carbonyl (C=O) groups excluding carboxylic acids is 2. The van der Waals surface area contributed by atoms with Gasteiger partial charge in [-0.25, -0.2) is 14.0 Å². The molecule has 7 nitrogen and oxygen atoms in total. The molecular weight excluding hydrogens is 281 g/mol. The normalized spacial score (nSPS) is 11.5. The average molecular weight is 297 g/mol. The maximum absolute atomic E-state index is 12.9. The van der Waals surface area contributed by atoms with E-state index in [2.05, 4.69) is 10.6 Å². The number of nitrogens with two attached hydrogens (primary N) is 1. The van der Waals surface area contributed by atoms with Gasteiger partial charge in [0, 0.05) is 12.1 Å². The van der Waals surface area contributed by atoms with E-state index < -0.39 is 29.8 Å². The van der Waals surface area contributed by atoms with E-state index >= 15 is 0 Å². The molecule has 0 saturated carbocycles. The molecule has 3 amide bonds. The fraction of sp³-hybridized carbons (Fsp3) is 0.308. The van der Waals surface area contributed by atoms with E-state index in [1.807, 2.05) is 0 Å². The first-order chi connectivity index (χ1) is 9.79. The molecule has 0 aliphatic carbocycles. The summed E-state index contributed by atoms with van der Waals surface area (Å²) in [7, 11) is 0. The Morgan fingerprint density at radius 3 is 2.57 bits per heavy atom. The van der Waals surface area contributed by atoms with Crippen LogP contribution >= 0.6 is 0 Å². The summed E-state index contributed by atoms with van der Waals surface area (Å²) in [6.07, 6.45) is -0.271. The molecule has 0 bridgehead atoms. The number of rotatable bonds is 6. The Kier molecular flexibility index (Phi) is 5.65. The number of hydrogen-bond donors (Lipinski definition) is 4. The predicted octanol–water partition coefficient (Wildman–Crippen LogP) is 0.974. The molecule has 1 rings (SSSR count). The lowest BCUT2D eigenvalue weighted by Crippen LogP contribution is -2.43. The quantitative estimate of drug-likeness (QED) is 0.625. The Labute approximate surface area is 120 Å². The van der Waals surface area contributed by atoms with Crippen LogP contribution in [0.4, 0.5) is 14.9 Å². The zero-order valence-corrected chi connectivity index (χ0v) is 11.4. The van der Waals surface area contributed by atoms with Crippen molar-refractivity contribution in [3.05, 3.63) is 29.6 Å². The number of amides is 3. The zero-order chi connectivity index (χ0) is 16.0. The Bertz CT molecular complexity index is 562. The molecule has 0 radical (unpaired) electrons. The molecule has 0 aliphatic rings. The molecule has 0 aromatic heterocycles. The summed E-state index contributed by atoms with van der Waals surface area (Å²) in [6, 6.07) is 1.77. The van der Waals surface area contributed by atoms with Gasteiger partial charge in [-0.15, -0.1) is 0 Å². The van der Waals surface area contributed by atoms with Gasteiger partial charge in [0.05, 0.1) is 0 Å². The molecule has 0 fully saturated rings. The molecule has 1 atom stereocenters. The summed E-state index contributed by atoms with van der Waals surface area (Å²) in [5, 5.41) is 13.6. The van der Waals surface area contributed by atoms with E-state index in [4.69, 9.17) is 10.8 Å². The van der Waals surface area contributed by atoms with Crippen LogP contribution in [0.2, 0.25) is 0 Å². The number of anilines is 1. The fourth-order valence-corrected chi connectivity index (χ4v) is 1.63. The minimum Gasteiger partial charge on any atom is -0.480 e. The molecule has 21 heavy (non-hydrogen) atoms. The number of carboxylic acids is 1. The van der Waals surface area contributed by atoms with Gasteiger partial charge in [-0.05, 0) is 37.1 Å². The largest absolute Gasteiger partial charge is 0.480 e. The highest BCUT2D eigenvalue weighted by Crippen LogP contribution is 2.15. The van der Waals surface area contributed by atoms with Gasteiger partial charge in [0.2, 0.25) is 5.91 Å². The first kappa shape index (κ1) is 16.4. The summed E-state index contributed by atoms with van der Waals surface area (Å²) in [6.45, 7) is 1.60. The van der Waals surface area contributed by atoms with Crippen molar-refractivity contribution < 1.29 is 23.9 Å². The first-order valence-corrected chi connectivity index (χ1v) is 6.14. The number of halogens is 1. The minimum absolute atomic E-state index is 0.111. The molecule has 114 valence electrons. The van der Waals surface area contributed by atoms with Crippen LogP contribution in [0.1, 0.15) is 18.4 Å². The van der Waals surface area contributed by atoms with Crippen molar-refractivity contribution in [1.29, 1.82) is 0 Å². The highest BCUT2D eigenvalue weighted by molar-refractivity contribution is 5.93. The van der Waals surface area contributed by atoms with Gasteiger partial charge in [-0.1, -0.05) is 0 Å². The van der Waals surface area contributed by atoms with E-state index in [0.717, 1.165) is 0 Å². The van der Waals surface area contributed by atoms with Crippen molar-refractivity contribution in [2.45, 2.75) is 25.8 Å². The fourth-order valence-electron chi connectivity index (χ4n) is 1.63. The second-order valence-corrected chi connectivity index (χ2v) is 4.45. The minimum atomic E-state index is -1.28. The third-order valence-corrected chi connectivity index (χ3v) is 2.72. The molecule has 0 heterocycles. The first-order valence-electron chi connectivity index (χ1n) is 6.14. The molecule has 0 spiro atoms. The summed E-state index contributed by atoms with van der Waals surface area (Å²) in [5.74, 6) is -2.37. The van der Waals surface area contributed by atoms with Crippen LogP contribution in [0.25, 0.3) is 0 Å². The highest BCUT2D eigenvalue weighted by Gasteiger charge is 2.20. The maximum Gasteiger partial charge on any atom is 0.326 e. The van der Waals surface area contributed by atoms with Gasteiger partial charge in [0.15, 0.2) is 0 Å². The van der Waals surface area contributed by atoms with Crippen LogP contribution in [0.15, 0.2) is 18.2 Å². The smallest absolute Gasteiger partial charge is 0.326 e. The van der Waals surface area contributed by atoms with Crippen molar-refractivity contribution in [1.82, 2.24) is 5.32 Å². The van der Waals surface area contributed by atoms with Crippen LogP contribution in [-0.4, -0.2) is 29.1 Å². The summed E-state index contributed by atoms with van der Waals surface area (Å²) < 4.78 is 12.9. The van der Waals surface area contributed by atoms with Crippen LogP contribution in [-0.2, 0) is 9.59 Å².